The first-order valence-corrected chi connectivity index (χ1v) is 15.0. The quantitative estimate of drug-likeness (QED) is 0.312. The summed E-state index contributed by atoms with van der Waals surface area (Å²) in [6.45, 7) is 4.64. The van der Waals surface area contributed by atoms with E-state index in [1.54, 1.807) is 6.07 Å². The zero-order chi connectivity index (χ0) is 28.4. The minimum atomic E-state index is -0.914. The van der Waals surface area contributed by atoms with Gasteiger partial charge in [0.1, 0.15) is 29.9 Å². The number of benzene rings is 2. The Kier molecular flexibility index (Phi) is 6.84. The second kappa shape index (κ2) is 10.4. The van der Waals surface area contributed by atoms with Gasteiger partial charge in [0.05, 0.1) is 15.2 Å². The Balaban J connectivity index is 1.36. The molecule has 4 atom stereocenters. The van der Waals surface area contributed by atoms with Crippen molar-refractivity contribution in [1.82, 2.24) is 25.2 Å². The number of likely N-dealkylation sites (tertiary alicyclic amines) is 1. The Bertz CT molecular complexity index is 1640. The molecule has 3 N–H and O–H groups in total. The van der Waals surface area contributed by atoms with Gasteiger partial charge in [-0.1, -0.05) is 29.9 Å². The number of nitrogens with two attached hydrogens (primary N) is 1. The van der Waals surface area contributed by atoms with E-state index < -0.39 is 17.8 Å². The van der Waals surface area contributed by atoms with Gasteiger partial charge in [-0.15, -0.1) is 0 Å². The van der Waals surface area contributed by atoms with Gasteiger partial charge in [-0.2, -0.15) is 9.97 Å². The molecule has 3 aliphatic rings. The van der Waals surface area contributed by atoms with Gasteiger partial charge in [-0.05, 0) is 44.0 Å². The zero-order valence-electron chi connectivity index (χ0n) is 22.3. The number of thiazole rings is 1. The van der Waals surface area contributed by atoms with Gasteiger partial charge in [0.15, 0.2) is 10.9 Å². The Hall–Kier alpha value is -2.93. The van der Waals surface area contributed by atoms with Crippen LogP contribution in [0.15, 0.2) is 18.2 Å². The van der Waals surface area contributed by atoms with E-state index in [9.17, 15) is 8.78 Å². The first kappa shape index (κ1) is 26.9. The van der Waals surface area contributed by atoms with Crippen molar-refractivity contribution in [1.29, 1.82) is 0 Å². The van der Waals surface area contributed by atoms with Crippen LogP contribution < -0.4 is 20.7 Å². The molecule has 2 unspecified atom stereocenters. The maximum atomic E-state index is 16.6. The maximum absolute atomic E-state index is 16.6. The van der Waals surface area contributed by atoms with Crippen LogP contribution in [0.4, 0.5) is 24.1 Å². The lowest BCUT2D eigenvalue weighted by Gasteiger charge is -2.34. The Morgan fingerprint density at radius 3 is 2.66 bits per heavy atom. The highest BCUT2D eigenvalue weighted by atomic mass is 35.5. The average Bonchev–Trinajstić information content (AvgIpc) is 3.63. The lowest BCUT2D eigenvalue weighted by atomic mass is 10.0. The summed E-state index contributed by atoms with van der Waals surface area (Å²) in [4.78, 5) is 17.7. The van der Waals surface area contributed by atoms with Crippen molar-refractivity contribution in [3.05, 3.63) is 34.9 Å². The van der Waals surface area contributed by atoms with E-state index in [0.717, 1.165) is 24.2 Å². The number of nitrogens with one attached hydrogen (secondary N) is 1. The highest BCUT2D eigenvalue weighted by Gasteiger charge is 2.35. The molecule has 7 rings (SSSR count). The van der Waals surface area contributed by atoms with Gasteiger partial charge in [-0.25, -0.2) is 18.2 Å². The molecule has 3 fully saturated rings. The van der Waals surface area contributed by atoms with Crippen molar-refractivity contribution in [2.45, 2.75) is 50.5 Å². The van der Waals surface area contributed by atoms with Gasteiger partial charge in [-0.3, -0.25) is 4.90 Å². The van der Waals surface area contributed by atoms with Crippen LogP contribution in [-0.2, 0) is 0 Å². The van der Waals surface area contributed by atoms with Gasteiger partial charge in [0.25, 0.3) is 0 Å². The topological polar surface area (TPSA) is 92.4 Å². The van der Waals surface area contributed by atoms with Crippen LogP contribution in [-0.4, -0.2) is 76.9 Å². The normalized spacial score (nSPS) is 24.7. The molecule has 2 aromatic carbocycles. The molecule has 8 nitrogen and oxygen atoms in total. The monoisotopic (exact) mass is 603 g/mol. The van der Waals surface area contributed by atoms with Crippen molar-refractivity contribution in [2.24, 2.45) is 0 Å². The molecule has 2 aromatic heterocycles. The Morgan fingerprint density at radius 1 is 1.12 bits per heavy atom. The van der Waals surface area contributed by atoms with Crippen molar-refractivity contribution in [2.75, 3.05) is 43.4 Å². The number of alkyl halides is 1. The maximum Gasteiger partial charge on any atom is 0.319 e. The van der Waals surface area contributed by atoms with E-state index in [4.69, 9.17) is 27.1 Å². The molecule has 3 saturated heterocycles. The van der Waals surface area contributed by atoms with Crippen LogP contribution in [0.1, 0.15) is 26.2 Å². The number of ether oxygens (including phenoxy) is 1. The number of piperazine rings is 1. The molecule has 41 heavy (non-hydrogen) atoms. The number of nitrogen functional groups attached to an aromatic ring is 1. The SMILES string of the molecule is CCN1C[C@H](F)C[C@H]1COc1nc(N2CC3CCC(C2)N3)c2cc(Cl)c(-c3ccc(F)c4sc(N)nc34)c(F)c2n1. The van der Waals surface area contributed by atoms with E-state index >= 15 is 4.39 Å². The van der Waals surface area contributed by atoms with Crippen molar-refractivity contribution in [3.63, 3.8) is 0 Å². The first-order valence-electron chi connectivity index (χ1n) is 13.9. The molecule has 0 saturated carbocycles. The minimum Gasteiger partial charge on any atom is -0.462 e. The summed E-state index contributed by atoms with van der Waals surface area (Å²) in [5.41, 5.74) is 6.52. The number of fused-ring (bicyclic) bond motifs is 4. The highest BCUT2D eigenvalue weighted by molar-refractivity contribution is 7.22. The molecule has 0 radical (unpaired) electrons. The highest BCUT2D eigenvalue weighted by Crippen LogP contribution is 2.43. The second-order valence-electron chi connectivity index (χ2n) is 11.0. The second-order valence-corrected chi connectivity index (χ2v) is 12.5. The molecule has 0 spiro atoms. The standard InChI is InChI=1S/C28H29ClF3N7OS/c1-2-38-9-13(30)7-16(38)12-40-28-36-23-18(26(37-28)39-10-14-3-4-15(11-39)34-14)8-19(29)21(22(23)32)17-5-6-20(31)25-24(17)35-27(33)41-25/h5-6,8,13-16,34H,2-4,7,9-12H2,1H3,(H2,33,35)/t13-,14?,15?,16+/m1/s1. The average molecular weight is 604 g/mol. The first-order chi connectivity index (χ1) is 19.8. The third-order valence-corrected chi connectivity index (χ3v) is 9.62. The molecule has 3 aliphatic heterocycles. The summed E-state index contributed by atoms with van der Waals surface area (Å²) < 4.78 is 51.5. The zero-order valence-corrected chi connectivity index (χ0v) is 23.9. The van der Waals surface area contributed by atoms with Crippen molar-refractivity contribution < 1.29 is 17.9 Å². The smallest absolute Gasteiger partial charge is 0.319 e. The third kappa shape index (κ3) is 4.74. The molecule has 216 valence electrons. The number of hydrogen-bond acceptors (Lipinski definition) is 9. The number of rotatable bonds is 6. The third-order valence-electron chi connectivity index (χ3n) is 8.43. The Labute approximate surface area is 243 Å². The molecule has 0 amide bonds. The molecule has 13 heteroatoms. The van der Waals surface area contributed by atoms with Crippen LogP contribution in [0.3, 0.4) is 0 Å². The molecular weight excluding hydrogens is 575 g/mol. The summed E-state index contributed by atoms with van der Waals surface area (Å²) in [5, 5.41) is 4.36. The van der Waals surface area contributed by atoms with Crippen LogP contribution in [0.25, 0.3) is 32.2 Å². The number of nitrogens with zero attached hydrogens (tertiary/aromatic N) is 5. The largest absolute Gasteiger partial charge is 0.462 e. The van der Waals surface area contributed by atoms with Crippen LogP contribution >= 0.6 is 22.9 Å². The number of aromatic nitrogens is 3. The van der Waals surface area contributed by atoms with E-state index in [0.29, 0.717) is 61.5 Å². The Morgan fingerprint density at radius 2 is 1.90 bits per heavy atom. The van der Waals surface area contributed by atoms with Gasteiger partial charge in [0.2, 0.25) is 0 Å². The van der Waals surface area contributed by atoms with Gasteiger partial charge >= 0.3 is 6.01 Å². The van der Waals surface area contributed by atoms with Gasteiger partial charge in [0, 0.05) is 54.3 Å². The molecule has 2 bridgehead atoms. The summed E-state index contributed by atoms with van der Waals surface area (Å²) in [7, 11) is 0. The molecule has 5 heterocycles. The summed E-state index contributed by atoms with van der Waals surface area (Å²) in [6, 6.07) is 4.88. The lowest BCUT2D eigenvalue weighted by molar-refractivity contribution is 0.170. The summed E-state index contributed by atoms with van der Waals surface area (Å²) in [5.74, 6) is -0.633. The van der Waals surface area contributed by atoms with Crippen LogP contribution in [0.5, 0.6) is 6.01 Å². The predicted molar refractivity (Wildman–Crippen MR) is 156 cm³/mol. The van der Waals surface area contributed by atoms with E-state index in [1.165, 1.54) is 12.1 Å². The van der Waals surface area contributed by atoms with Crippen LogP contribution in [0, 0.1) is 11.6 Å². The van der Waals surface area contributed by atoms with Crippen LogP contribution in [0.2, 0.25) is 5.02 Å². The number of hydrogen-bond donors (Lipinski definition) is 2. The molecular formula is C28H29ClF3N7OS. The summed E-state index contributed by atoms with van der Waals surface area (Å²) >= 11 is 7.75. The van der Waals surface area contributed by atoms with E-state index in [1.807, 2.05) is 11.8 Å². The molecule has 0 aliphatic carbocycles. The van der Waals surface area contributed by atoms with E-state index in [-0.39, 0.29) is 50.1 Å². The number of halogens is 4. The van der Waals surface area contributed by atoms with E-state index in [2.05, 4.69) is 20.2 Å². The fourth-order valence-corrected chi connectivity index (χ4v) is 7.59. The number of anilines is 2. The minimum absolute atomic E-state index is 0.0195. The lowest BCUT2D eigenvalue weighted by Crippen LogP contribution is -2.51. The fourth-order valence-electron chi connectivity index (χ4n) is 6.53. The van der Waals surface area contributed by atoms with Gasteiger partial charge < -0.3 is 20.7 Å². The fraction of sp³-hybridized carbons (Fsp3) is 0.464. The predicted octanol–water partition coefficient (Wildman–Crippen LogP) is 5.17. The van der Waals surface area contributed by atoms with Crippen molar-refractivity contribution in [3.8, 4) is 17.1 Å². The molecule has 4 aromatic rings. The number of likely N-dealkylation sites (N-methyl/N-ethyl adjacent to an activating group) is 1. The van der Waals surface area contributed by atoms with Crippen molar-refractivity contribution >= 4 is 55.0 Å². The summed E-state index contributed by atoms with van der Waals surface area (Å²) in [6.07, 6.45) is 1.56.